The third kappa shape index (κ3) is 18.0. The van der Waals surface area contributed by atoms with Crippen LogP contribution >= 0.6 is 0 Å². The standard InChI is InChI=1S/C45H69N9O8/c1-27-23-31(55)24-28(2)32(27)26-35(51-37(56)33(16-14-22-48-40(46)47)52-42(59)61-45(9,10)11)38(57)50-34(15-12-13-21-49-41(58)60-44(6,7)8)39-53-36(54-62-39)25-29-17-19-30(20-18-29)43(3,4)5/h17-20,23-24,33-35,55H,12-16,21-22,25-26H2,1-11H3,(H,49,58)(H,50,57)(H,51,56)(H,52,59)(H4,46,47,48)/t33-,34+,35+/m1/s1. The fourth-order valence-electron chi connectivity index (χ4n) is 6.49. The van der Waals surface area contributed by atoms with Crippen LogP contribution in [0.15, 0.2) is 45.9 Å². The Morgan fingerprint density at radius 3 is 1.97 bits per heavy atom. The Hall–Kier alpha value is -5.87. The third-order valence-corrected chi connectivity index (χ3v) is 9.54. The van der Waals surface area contributed by atoms with Gasteiger partial charge in [0.2, 0.25) is 17.7 Å². The van der Waals surface area contributed by atoms with Crippen molar-refractivity contribution in [2.45, 2.75) is 156 Å². The van der Waals surface area contributed by atoms with Gasteiger partial charge in [-0.1, -0.05) is 50.2 Å². The van der Waals surface area contributed by atoms with E-state index >= 15 is 0 Å². The first-order valence-electron chi connectivity index (χ1n) is 21.1. The highest BCUT2D eigenvalue weighted by molar-refractivity contribution is 5.91. The Balaban J connectivity index is 1.95. The van der Waals surface area contributed by atoms with Gasteiger partial charge in [-0.3, -0.25) is 14.6 Å². The first-order valence-corrected chi connectivity index (χ1v) is 21.1. The number of phenols is 1. The van der Waals surface area contributed by atoms with Crippen LogP contribution in [0.25, 0.3) is 0 Å². The zero-order valence-electron chi connectivity index (χ0n) is 38.4. The fraction of sp³-hybridized carbons (Fsp3) is 0.578. The lowest BCUT2D eigenvalue weighted by Gasteiger charge is -2.27. The number of rotatable bonds is 19. The van der Waals surface area contributed by atoms with Crippen LogP contribution in [0, 0.1) is 13.8 Å². The topological polar surface area (TPSA) is 258 Å². The van der Waals surface area contributed by atoms with Crippen molar-refractivity contribution < 1.29 is 38.3 Å². The number of amides is 4. The third-order valence-electron chi connectivity index (χ3n) is 9.54. The minimum Gasteiger partial charge on any atom is -0.508 e. The molecule has 3 aromatic rings. The van der Waals surface area contributed by atoms with E-state index in [2.05, 4.69) is 64.3 Å². The molecule has 1 heterocycles. The Kier molecular flexibility index (Phi) is 18.2. The van der Waals surface area contributed by atoms with E-state index in [4.69, 9.17) is 30.4 Å². The van der Waals surface area contributed by atoms with E-state index in [1.807, 2.05) is 12.1 Å². The maximum Gasteiger partial charge on any atom is 0.408 e. The monoisotopic (exact) mass is 864 g/mol. The average molecular weight is 864 g/mol. The van der Waals surface area contributed by atoms with Crippen LogP contribution in [0.5, 0.6) is 5.75 Å². The number of nitrogens with zero attached hydrogens (tertiary/aromatic N) is 3. The molecule has 0 saturated heterocycles. The van der Waals surface area contributed by atoms with Gasteiger partial charge in [0.15, 0.2) is 11.8 Å². The molecule has 17 heteroatoms. The van der Waals surface area contributed by atoms with Crippen molar-refractivity contribution in [2.24, 2.45) is 16.5 Å². The number of guanidine groups is 1. The molecule has 0 fully saturated rings. The summed E-state index contributed by atoms with van der Waals surface area (Å²) < 4.78 is 16.6. The van der Waals surface area contributed by atoms with E-state index in [0.717, 1.165) is 11.1 Å². The molecule has 0 aliphatic rings. The van der Waals surface area contributed by atoms with E-state index in [0.29, 0.717) is 55.6 Å². The molecule has 9 N–H and O–H groups in total. The van der Waals surface area contributed by atoms with Crippen LogP contribution < -0.4 is 32.7 Å². The summed E-state index contributed by atoms with van der Waals surface area (Å²) in [4.78, 5) is 62.6. The highest BCUT2D eigenvalue weighted by Gasteiger charge is 2.32. The van der Waals surface area contributed by atoms with Crippen molar-refractivity contribution in [2.75, 3.05) is 13.1 Å². The predicted octanol–water partition coefficient (Wildman–Crippen LogP) is 5.81. The molecule has 0 unspecified atom stereocenters. The number of aryl methyl sites for hydroxylation is 2. The van der Waals surface area contributed by atoms with Crippen LogP contribution in [0.3, 0.4) is 0 Å². The molecule has 0 aliphatic carbocycles. The van der Waals surface area contributed by atoms with E-state index < -0.39 is 53.3 Å². The molecule has 0 spiro atoms. The molecule has 17 nitrogen and oxygen atoms in total. The van der Waals surface area contributed by atoms with Crippen molar-refractivity contribution in [1.29, 1.82) is 0 Å². The second kappa shape index (κ2) is 22.3. The van der Waals surface area contributed by atoms with Gasteiger partial charge in [-0.05, 0) is 133 Å². The van der Waals surface area contributed by atoms with Crippen molar-refractivity contribution in [3.63, 3.8) is 0 Å². The minimum absolute atomic E-state index is 0.00715. The molecule has 62 heavy (non-hydrogen) atoms. The molecule has 342 valence electrons. The molecular weight excluding hydrogens is 795 g/mol. The summed E-state index contributed by atoms with van der Waals surface area (Å²) in [6, 6.07) is 8.29. The number of hydrogen-bond donors (Lipinski definition) is 7. The molecule has 1 aromatic heterocycles. The number of benzene rings is 2. The van der Waals surface area contributed by atoms with Gasteiger partial charge in [0.25, 0.3) is 0 Å². The summed E-state index contributed by atoms with van der Waals surface area (Å²) in [5, 5.41) is 25.8. The lowest BCUT2D eigenvalue weighted by atomic mass is 9.86. The van der Waals surface area contributed by atoms with Crippen molar-refractivity contribution >= 4 is 30.0 Å². The molecule has 0 radical (unpaired) electrons. The quantitative estimate of drug-likeness (QED) is 0.0428. The maximum absolute atomic E-state index is 14.5. The molecule has 2 aromatic carbocycles. The summed E-state index contributed by atoms with van der Waals surface area (Å²) in [7, 11) is 0. The Morgan fingerprint density at radius 1 is 0.790 bits per heavy atom. The summed E-state index contributed by atoms with van der Waals surface area (Å²) >= 11 is 0. The number of unbranched alkanes of at least 4 members (excludes halogenated alkanes) is 1. The van der Waals surface area contributed by atoms with Gasteiger partial charge in [-0.25, -0.2) is 9.59 Å². The van der Waals surface area contributed by atoms with Gasteiger partial charge in [-0.2, -0.15) is 4.98 Å². The van der Waals surface area contributed by atoms with Gasteiger partial charge in [0.1, 0.15) is 35.1 Å². The highest BCUT2D eigenvalue weighted by atomic mass is 16.6. The van der Waals surface area contributed by atoms with E-state index in [-0.39, 0.29) is 42.4 Å². The largest absolute Gasteiger partial charge is 0.508 e. The van der Waals surface area contributed by atoms with Crippen LogP contribution in [0.4, 0.5) is 9.59 Å². The molecule has 0 aliphatic heterocycles. The second-order valence-electron chi connectivity index (χ2n) is 18.6. The van der Waals surface area contributed by atoms with E-state index in [9.17, 15) is 24.3 Å². The normalized spacial score (nSPS) is 13.3. The molecule has 4 amide bonds. The smallest absolute Gasteiger partial charge is 0.408 e. The number of carbonyl (C=O) groups is 4. The zero-order valence-corrected chi connectivity index (χ0v) is 38.4. The van der Waals surface area contributed by atoms with Crippen LogP contribution in [-0.4, -0.2) is 81.6 Å². The lowest BCUT2D eigenvalue weighted by Crippen LogP contribution is -2.55. The SMILES string of the molecule is Cc1cc(O)cc(C)c1C[C@H](NC(=O)[C@@H](CCCN=C(N)N)NC(=O)OC(C)(C)C)C(=O)N[C@@H](CCCCNC(=O)OC(C)(C)C)c1nc(Cc2ccc(C(C)(C)C)cc2)no1. The van der Waals surface area contributed by atoms with Crippen LogP contribution in [0.2, 0.25) is 0 Å². The summed E-state index contributed by atoms with van der Waals surface area (Å²) in [5.41, 5.74) is 13.8. The van der Waals surface area contributed by atoms with Crippen molar-refractivity contribution in [1.82, 2.24) is 31.4 Å². The maximum atomic E-state index is 14.5. The average Bonchev–Trinajstić information content (AvgIpc) is 3.59. The van der Waals surface area contributed by atoms with Crippen LogP contribution in [-0.2, 0) is 37.3 Å². The number of hydrogen-bond acceptors (Lipinski definition) is 11. The van der Waals surface area contributed by atoms with Gasteiger partial charge >= 0.3 is 12.2 Å². The Bertz CT molecular complexity index is 1970. The lowest BCUT2D eigenvalue weighted by molar-refractivity contribution is -0.130. The molecule has 3 atom stereocenters. The first-order chi connectivity index (χ1) is 28.8. The minimum atomic E-state index is -1.18. The number of aromatic nitrogens is 2. The Labute approximate surface area is 365 Å². The molecule has 3 rings (SSSR count). The van der Waals surface area contributed by atoms with Crippen LogP contribution in [0.1, 0.15) is 140 Å². The van der Waals surface area contributed by atoms with Crippen molar-refractivity contribution in [3.05, 3.63) is 75.9 Å². The highest BCUT2D eigenvalue weighted by Crippen LogP contribution is 2.25. The number of carbonyl (C=O) groups excluding carboxylic acids is 4. The number of nitrogens with one attached hydrogen (secondary N) is 4. The number of aromatic hydroxyl groups is 1. The Morgan fingerprint density at radius 2 is 1.39 bits per heavy atom. The number of phenolic OH excluding ortho intramolecular Hbond substituents is 1. The summed E-state index contributed by atoms with van der Waals surface area (Å²) in [6.45, 7) is 21.0. The number of ether oxygens (including phenoxy) is 2. The molecule has 0 bridgehead atoms. The van der Waals surface area contributed by atoms with Gasteiger partial charge < -0.3 is 51.8 Å². The van der Waals surface area contributed by atoms with Gasteiger partial charge in [-0.15, -0.1) is 0 Å². The molecule has 0 saturated carbocycles. The van der Waals surface area contributed by atoms with E-state index in [1.54, 1.807) is 67.5 Å². The van der Waals surface area contributed by atoms with Gasteiger partial charge in [0.05, 0.1) is 0 Å². The predicted molar refractivity (Wildman–Crippen MR) is 238 cm³/mol. The number of alkyl carbamates (subject to hydrolysis) is 2. The molecular formula is C45H69N9O8. The fourth-order valence-corrected chi connectivity index (χ4v) is 6.49. The summed E-state index contributed by atoms with van der Waals surface area (Å²) in [5.74, 6) is -0.653. The zero-order chi connectivity index (χ0) is 46.4. The second-order valence-corrected chi connectivity index (χ2v) is 18.6. The number of nitrogens with two attached hydrogens (primary N) is 2. The van der Waals surface area contributed by atoms with Crippen molar-refractivity contribution in [3.8, 4) is 5.75 Å². The van der Waals surface area contributed by atoms with Gasteiger partial charge in [0, 0.05) is 25.9 Å². The van der Waals surface area contributed by atoms with E-state index in [1.165, 1.54) is 5.56 Å². The first kappa shape index (κ1) is 50.5. The number of aliphatic imine (C=N–C) groups is 1. The summed E-state index contributed by atoms with van der Waals surface area (Å²) in [6.07, 6.45) is 0.930.